The van der Waals surface area contributed by atoms with Gasteiger partial charge in [0.2, 0.25) is 6.79 Å². The van der Waals surface area contributed by atoms with Gasteiger partial charge in [-0.25, -0.2) is 4.79 Å². The molecular weight excluding hydrogens is 296 g/mol. The third-order valence-electron chi connectivity index (χ3n) is 3.50. The number of benzene rings is 1. The van der Waals surface area contributed by atoms with Gasteiger partial charge in [-0.15, -0.1) is 0 Å². The lowest BCUT2D eigenvalue weighted by Gasteiger charge is -2.25. The van der Waals surface area contributed by atoms with Crippen molar-refractivity contribution in [1.29, 1.82) is 0 Å². The summed E-state index contributed by atoms with van der Waals surface area (Å²) in [6.45, 7) is 9.18. The summed E-state index contributed by atoms with van der Waals surface area (Å²) in [4.78, 5) is 13.5. The Bertz CT molecular complexity index is 554. The summed E-state index contributed by atoms with van der Waals surface area (Å²) in [6.07, 6.45) is -0.310. The van der Waals surface area contributed by atoms with Crippen molar-refractivity contribution < 1.29 is 19.0 Å². The van der Waals surface area contributed by atoms with Crippen LogP contribution in [-0.2, 0) is 4.74 Å². The van der Waals surface area contributed by atoms with Crippen molar-refractivity contribution in [2.24, 2.45) is 0 Å². The number of hydrogen-bond donors (Lipinski definition) is 1. The summed E-state index contributed by atoms with van der Waals surface area (Å²) < 4.78 is 16.0. The number of nitrogens with one attached hydrogen (secondary N) is 1. The first kappa shape index (κ1) is 17.4. The Morgan fingerprint density at radius 3 is 2.74 bits per heavy atom. The van der Waals surface area contributed by atoms with Crippen LogP contribution >= 0.6 is 0 Å². The zero-order valence-corrected chi connectivity index (χ0v) is 14.5. The molecule has 2 rings (SSSR count). The van der Waals surface area contributed by atoms with Gasteiger partial charge in [0.15, 0.2) is 11.5 Å². The van der Waals surface area contributed by atoms with E-state index in [2.05, 4.69) is 12.2 Å². The Morgan fingerprint density at radius 2 is 2.04 bits per heavy atom. The van der Waals surface area contributed by atoms with Crippen molar-refractivity contribution in [1.82, 2.24) is 10.2 Å². The van der Waals surface area contributed by atoms with Crippen molar-refractivity contribution in [2.45, 2.75) is 39.3 Å². The van der Waals surface area contributed by atoms with Gasteiger partial charge in [-0.1, -0.05) is 6.07 Å². The Labute approximate surface area is 137 Å². The fourth-order valence-corrected chi connectivity index (χ4v) is 2.18. The third kappa shape index (κ3) is 5.03. The third-order valence-corrected chi connectivity index (χ3v) is 3.50. The van der Waals surface area contributed by atoms with Gasteiger partial charge in [0.1, 0.15) is 5.60 Å². The van der Waals surface area contributed by atoms with Crippen molar-refractivity contribution in [3.8, 4) is 11.5 Å². The van der Waals surface area contributed by atoms with Gasteiger partial charge in [0.25, 0.3) is 0 Å². The number of hydrogen-bond acceptors (Lipinski definition) is 5. The summed E-state index contributed by atoms with van der Waals surface area (Å²) in [5.74, 6) is 1.56. The highest BCUT2D eigenvalue weighted by Gasteiger charge is 2.19. The minimum atomic E-state index is -0.474. The lowest BCUT2D eigenvalue weighted by Crippen LogP contribution is -2.38. The van der Waals surface area contributed by atoms with Gasteiger partial charge in [0, 0.05) is 26.2 Å². The van der Waals surface area contributed by atoms with E-state index in [0.29, 0.717) is 13.1 Å². The molecule has 0 saturated heterocycles. The molecule has 1 N–H and O–H groups in total. The summed E-state index contributed by atoms with van der Waals surface area (Å²) in [5.41, 5.74) is 0.646. The molecule has 1 aliphatic heterocycles. The number of carbonyl (C=O) groups excluding carboxylic acids is 1. The molecule has 1 aliphatic rings. The first-order chi connectivity index (χ1) is 10.8. The Morgan fingerprint density at radius 1 is 1.35 bits per heavy atom. The number of nitrogens with zero attached hydrogens (tertiary/aromatic N) is 1. The van der Waals surface area contributed by atoms with E-state index in [1.54, 1.807) is 11.9 Å². The monoisotopic (exact) mass is 322 g/mol. The smallest absolute Gasteiger partial charge is 0.410 e. The molecule has 1 aromatic carbocycles. The van der Waals surface area contributed by atoms with Crippen molar-refractivity contribution in [2.75, 3.05) is 26.9 Å². The minimum absolute atomic E-state index is 0.150. The molecule has 23 heavy (non-hydrogen) atoms. The molecule has 6 nitrogen and oxygen atoms in total. The van der Waals surface area contributed by atoms with Gasteiger partial charge < -0.3 is 24.4 Å². The van der Waals surface area contributed by atoms with E-state index < -0.39 is 5.60 Å². The SMILES string of the molecule is CC(NCCN(C)C(=O)OC(C)(C)C)c1ccc2c(c1)OCO2. The normalized spacial score (nSPS) is 14.5. The van der Waals surface area contributed by atoms with Crippen LogP contribution in [0.3, 0.4) is 0 Å². The van der Waals surface area contributed by atoms with E-state index in [1.807, 2.05) is 39.0 Å². The second-order valence-electron chi connectivity index (χ2n) is 6.69. The molecule has 0 spiro atoms. The van der Waals surface area contributed by atoms with Crippen LogP contribution in [0.2, 0.25) is 0 Å². The van der Waals surface area contributed by atoms with Crippen LogP contribution in [-0.4, -0.2) is 43.5 Å². The Hall–Kier alpha value is -1.95. The average molecular weight is 322 g/mol. The molecule has 1 aromatic rings. The zero-order chi connectivity index (χ0) is 17.0. The molecule has 128 valence electrons. The fourth-order valence-electron chi connectivity index (χ4n) is 2.18. The molecule has 0 saturated carbocycles. The van der Waals surface area contributed by atoms with E-state index in [1.165, 1.54) is 0 Å². The van der Waals surface area contributed by atoms with Gasteiger partial charge in [-0.05, 0) is 45.4 Å². The topological polar surface area (TPSA) is 60.0 Å². The van der Waals surface area contributed by atoms with Crippen LogP contribution in [0.1, 0.15) is 39.3 Å². The van der Waals surface area contributed by atoms with Crippen LogP contribution in [0.25, 0.3) is 0 Å². The molecule has 1 atom stereocenters. The van der Waals surface area contributed by atoms with E-state index in [0.717, 1.165) is 17.1 Å². The van der Waals surface area contributed by atoms with Crippen LogP contribution in [0.5, 0.6) is 11.5 Å². The predicted molar refractivity (Wildman–Crippen MR) is 87.8 cm³/mol. The molecule has 0 aliphatic carbocycles. The number of fused-ring (bicyclic) bond motifs is 1. The van der Waals surface area contributed by atoms with Crippen LogP contribution < -0.4 is 14.8 Å². The lowest BCUT2D eigenvalue weighted by molar-refractivity contribution is 0.0299. The molecule has 0 fully saturated rings. The highest BCUT2D eigenvalue weighted by Crippen LogP contribution is 2.34. The van der Waals surface area contributed by atoms with Gasteiger partial charge in [-0.3, -0.25) is 0 Å². The second kappa shape index (κ2) is 7.08. The van der Waals surface area contributed by atoms with Gasteiger partial charge in [-0.2, -0.15) is 0 Å². The molecule has 1 heterocycles. The van der Waals surface area contributed by atoms with Crippen LogP contribution in [0.15, 0.2) is 18.2 Å². The van der Waals surface area contributed by atoms with Crippen molar-refractivity contribution in [3.63, 3.8) is 0 Å². The fraction of sp³-hybridized carbons (Fsp3) is 0.588. The molecule has 0 aromatic heterocycles. The molecule has 1 amide bonds. The standard InChI is InChI=1S/C17H26N2O4/c1-12(13-6-7-14-15(10-13)22-11-21-14)18-8-9-19(5)16(20)23-17(2,3)4/h6-7,10,12,18H,8-9,11H2,1-5H3. The van der Waals surface area contributed by atoms with Crippen molar-refractivity contribution >= 4 is 6.09 Å². The number of carbonyl (C=O) groups is 1. The minimum Gasteiger partial charge on any atom is -0.454 e. The van der Waals surface area contributed by atoms with E-state index in [-0.39, 0.29) is 18.9 Å². The highest BCUT2D eigenvalue weighted by molar-refractivity contribution is 5.67. The first-order valence-corrected chi connectivity index (χ1v) is 7.83. The maximum absolute atomic E-state index is 11.9. The first-order valence-electron chi connectivity index (χ1n) is 7.83. The number of ether oxygens (including phenoxy) is 3. The number of amides is 1. The second-order valence-corrected chi connectivity index (χ2v) is 6.69. The quantitative estimate of drug-likeness (QED) is 0.903. The summed E-state index contributed by atoms with van der Waals surface area (Å²) in [6, 6.07) is 6.07. The predicted octanol–water partition coefficient (Wildman–Crippen LogP) is 2.93. The highest BCUT2D eigenvalue weighted by atomic mass is 16.7. The zero-order valence-electron chi connectivity index (χ0n) is 14.5. The molecule has 0 radical (unpaired) electrons. The van der Waals surface area contributed by atoms with E-state index >= 15 is 0 Å². The summed E-state index contributed by atoms with van der Waals surface area (Å²) in [5, 5.41) is 3.39. The number of rotatable bonds is 5. The largest absolute Gasteiger partial charge is 0.454 e. The van der Waals surface area contributed by atoms with Gasteiger partial charge in [0.05, 0.1) is 0 Å². The maximum Gasteiger partial charge on any atom is 0.410 e. The summed E-state index contributed by atoms with van der Waals surface area (Å²) >= 11 is 0. The average Bonchev–Trinajstić information content (AvgIpc) is 2.92. The van der Waals surface area contributed by atoms with E-state index in [4.69, 9.17) is 14.2 Å². The molecule has 6 heteroatoms. The Balaban J connectivity index is 1.78. The molecule has 1 unspecified atom stereocenters. The van der Waals surface area contributed by atoms with E-state index in [9.17, 15) is 4.79 Å². The summed E-state index contributed by atoms with van der Waals surface area (Å²) in [7, 11) is 1.74. The molecule has 0 bridgehead atoms. The van der Waals surface area contributed by atoms with Gasteiger partial charge >= 0.3 is 6.09 Å². The molecular formula is C17H26N2O4. The number of likely N-dealkylation sites (N-methyl/N-ethyl adjacent to an activating group) is 1. The van der Waals surface area contributed by atoms with Crippen molar-refractivity contribution in [3.05, 3.63) is 23.8 Å². The maximum atomic E-state index is 11.9. The van der Waals surface area contributed by atoms with Crippen LogP contribution in [0.4, 0.5) is 4.79 Å². The lowest BCUT2D eigenvalue weighted by atomic mass is 10.1. The Kier molecular flexibility index (Phi) is 5.36. The van der Waals surface area contributed by atoms with Crippen LogP contribution in [0, 0.1) is 0 Å².